The molecule has 4 heteroatoms. The molecule has 1 aliphatic heterocycles. The van der Waals surface area contributed by atoms with Crippen molar-refractivity contribution >= 4 is 10.8 Å². The van der Waals surface area contributed by atoms with E-state index in [9.17, 15) is 4.39 Å². The normalized spacial score (nSPS) is 17.6. The van der Waals surface area contributed by atoms with E-state index in [-0.39, 0.29) is 5.82 Å². The lowest BCUT2D eigenvalue weighted by atomic mass is 9.96. The smallest absolute Gasteiger partial charge is 0.123 e. The van der Waals surface area contributed by atoms with Crippen molar-refractivity contribution in [2.75, 3.05) is 32.7 Å². The number of pyridine rings is 1. The summed E-state index contributed by atoms with van der Waals surface area (Å²) in [4.78, 5) is 9.40. The molecule has 1 aliphatic rings. The molecule has 3 nitrogen and oxygen atoms in total. The van der Waals surface area contributed by atoms with Crippen molar-refractivity contribution in [1.82, 2.24) is 14.8 Å². The van der Waals surface area contributed by atoms with Gasteiger partial charge in [-0.25, -0.2) is 4.39 Å². The number of hydrogen-bond acceptors (Lipinski definition) is 3. The molecule has 1 aromatic heterocycles. The minimum atomic E-state index is -0.133. The van der Waals surface area contributed by atoms with Crippen LogP contribution >= 0.6 is 0 Å². The minimum absolute atomic E-state index is 0.133. The summed E-state index contributed by atoms with van der Waals surface area (Å²) >= 11 is 0. The van der Waals surface area contributed by atoms with Crippen LogP contribution in [0, 0.1) is 11.7 Å². The van der Waals surface area contributed by atoms with Gasteiger partial charge in [0.1, 0.15) is 5.82 Å². The first-order valence-electron chi connectivity index (χ1n) is 11.2. The highest BCUT2D eigenvalue weighted by Gasteiger charge is 2.22. The van der Waals surface area contributed by atoms with Crippen LogP contribution in [0.4, 0.5) is 4.39 Å². The lowest BCUT2D eigenvalue weighted by Crippen LogP contribution is -2.41. The van der Waals surface area contributed by atoms with E-state index < -0.39 is 0 Å². The monoisotopic (exact) mass is 405 g/mol. The Morgan fingerprint density at radius 2 is 2.07 bits per heavy atom. The Morgan fingerprint density at radius 3 is 2.93 bits per heavy atom. The Hall–Kier alpha value is -2.30. The summed E-state index contributed by atoms with van der Waals surface area (Å²) in [6, 6.07) is 15.7. The Kier molecular flexibility index (Phi) is 7.08. The highest BCUT2D eigenvalue weighted by Crippen LogP contribution is 2.22. The Balaban J connectivity index is 1.34. The van der Waals surface area contributed by atoms with Crippen molar-refractivity contribution in [1.29, 1.82) is 0 Å². The molecule has 1 atom stereocenters. The van der Waals surface area contributed by atoms with Crippen molar-refractivity contribution in [2.45, 2.75) is 32.7 Å². The number of fused-ring (bicyclic) bond motifs is 1. The molecule has 1 saturated heterocycles. The molecular weight excluding hydrogens is 373 g/mol. The van der Waals surface area contributed by atoms with Gasteiger partial charge in [0.2, 0.25) is 0 Å². The molecule has 3 aromatic rings. The summed E-state index contributed by atoms with van der Waals surface area (Å²) < 4.78 is 13.4. The SMILES string of the molecule is CCN(Cc1cccc2cnccc12)C[C@@H]1CCCN(CCc2cccc(F)c2)C1. The van der Waals surface area contributed by atoms with Crippen LogP contribution < -0.4 is 0 Å². The molecule has 0 bridgehead atoms. The molecule has 30 heavy (non-hydrogen) atoms. The van der Waals surface area contributed by atoms with Gasteiger partial charge in [0.25, 0.3) is 0 Å². The number of benzene rings is 2. The van der Waals surface area contributed by atoms with Gasteiger partial charge >= 0.3 is 0 Å². The maximum absolute atomic E-state index is 13.4. The Morgan fingerprint density at radius 1 is 1.17 bits per heavy atom. The van der Waals surface area contributed by atoms with Crippen LogP contribution in [0.25, 0.3) is 10.8 Å². The fourth-order valence-corrected chi connectivity index (χ4v) is 4.72. The minimum Gasteiger partial charge on any atom is -0.303 e. The third kappa shape index (κ3) is 5.44. The standard InChI is InChI=1S/C26H32FN3/c1-2-29(20-24-9-4-8-23-17-28-13-11-26(23)24)18-22-7-5-14-30(19-22)15-12-21-6-3-10-25(27)16-21/h3-4,6,8-11,13,16-17,22H,2,5,7,12,14-15,18-20H2,1H3/t22-/m0/s1. The van der Waals surface area contributed by atoms with Gasteiger partial charge in [-0.2, -0.15) is 0 Å². The van der Waals surface area contributed by atoms with Crippen LogP contribution in [0.2, 0.25) is 0 Å². The quantitative estimate of drug-likeness (QED) is 0.517. The fourth-order valence-electron chi connectivity index (χ4n) is 4.72. The zero-order valence-electron chi connectivity index (χ0n) is 17.9. The first-order chi connectivity index (χ1) is 14.7. The second-order valence-electron chi connectivity index (χ2n) is 8.53. The van der Waals surface area contributed by atoms with Gasteiger partial charge in [0, 0.05) is 44.0 Å². The van der Waals surface area contributed by atoms with Gasteiger partial charge in [-0.3, -0.25) is 9.88 Å². The van der Waals surface area contributed by atoms with E-state index in [2.05, 4.69) is 46.0 Å². The molecule has 0 saturated carbocycles. The number of hydrogen-bond donors (Lipinski definition) is 0. The molecule has 0 N–H and O–H groups in total. The number of likely N-dealkylation sites (tertiary alicyclic amines) is 1. The van der Waals surface area contributed by atoms with E-state index in [1.54, 1.807) is 6.07 Å². The zero-order chi connectivity index (χ0) is 20.8. The largest absolute Gasteiger partial charge is 0.303 e. The van der Waals surface area contributed by atoms with Gasteiger partial charge in [0.05, 0.1) is 0 Å². The molecule has 0 aliphatic carbocycles. The van der Waals surface area contributed by atoms with E-state index in [0.29, 0.717) is 5.92 Å². The lowest BCUT2D eigenvalue weighted by Gasteiger charge is -2.35. The van der Waals surface area contributed by atoms with Crippen LogP contribution in [-0.2, 0) is 13.0 Å². The number of nitrogens with zero attached hydrogens (tertiary/aromatic N) is 3. The van der Waals surface area contributed by atoms with Gasteiger partial charge < -0.3 is 4.90 Å². The molecule has 0 spiro atoms. The second-order valence-corrected chi connectivity index (χ2v) is 8.53. The second kappa shape index (κ2) is 10.1. The number of rotatable bonds is 8. The van der Waals surface area contributed by atoms with Crippen LogP contribution in [0.3, 0.4) is 0 Å². The topological polar surface area (TPSA) is 19.4 Å². The Labute approximate surface area is 179 Å². The van der Waals surface area contributed by atoms with Gasteiger partial charge in [-0.1, -0.05) is 37.3 Å². The number of aromatic nitrogens is 1. The van der Waals surface area contributed by atoms with Crippen LogP contribution in [0.1, 0.15) is 30.9 Å². The molecule has 0 unspecified atom stereocenters. The van der Waals surface area contributed by atoms with Crippen LogP contribution in [-0.4, -0.2) is 47.5 Å². The summed E-state index contributed by atoms with van der Waals surface area (Å²) in [6.45, 7) is 8.76. The molecule has 158 valence electrons. The van der Waals surface area contributed by atoms with Crippen molar-refractivity contribution in [3.8, 4) is 0 Å². The molecule has 0 amide bonds. The van der Waals surface area contributed by atoms with Crippen LogP contribution in [0.5, 0.6) is 0 Å². The summed E-state index contributed by atoms with van der Waals surface area (Å²) in [5.74, 6) is 0.565. The summed E-state index contributed by atoms with van der Waals surface area (Å²) in [5.41, 5.74) is 2.48. The van der Waals surface area contributed by atoms with E-state index >= 15 is 0 Å². The highest BCUT2D eigenvalue weighted by molar-refractivity contribution is 5.84. The predicted octanol–water partition coefficient (Wildman–Crippen LogP) is 5.15. The number of piperidine rings is 1. The maximum Gasteiger partial charge on any atom is 0.123 e. The summed E-state index contributed by atoms with van der Waals surface area (Å²) in [5, 5.41) is 2.53. The van der Waals surface area contributed by atoms with E-state index in [1.807, 2.05) is 24.5 Å². The van der Waals surface area contributed by atoms with Crippen molar-refractivity contribution in [3.05, 3.63) is 77.9 Å². The molecule has 2 heterocycles. The Bertz CT molecular complexity index is 952. The van der Waals surface area contributed by atoms with Gasteiger partial charge in [-0.05, 0) is 73.0 Å². The van der Waals surface area contributed by atoms with E-state index in [1.165, 1.54) is 35.2 Å². The fraction of sp³-hybridized carbons (Fsp3) is 0.423. The van der Waals surface area contributed by atoms with E-state index in [0.717, 1.165) is 51.3 Å². The molecular formula is C26H32FN3. The molecule has 1 fully saturated rings. The van der Waals surface area contributed by atoms with Crippen molar-refractivity contribution < 1.29 is 4.39 Å². The van der Waals surface area contributed by atoms with Gasteiger partial charge in [0.15, 0.2) is 0 Å². The first kappa shape index (κ1) is 21.0. The van der Waals surface area contributed by atoms with Gasteiger partial charge in [-0.15, -0.1) is 0 Å². The van der Waals surface area contributed by atoms with Crippen molar-refractivity contribution in [3.63, 3.8) is 0 Å². The van der Waals surface area contributed by atoms with E-state index in [4.69, 9.17) is 0 Å². The average molecular weight is 406 g/mol. The predicted molar refractivity (Wildman–Crippen MR) is 122 cm³/mol. The molecule has 4 rings (SSSR count). The number of halogens is 1. The summed E-state index contributed by atoms with van der Waals surface area (Å²) in [6.07, 6.45) is 7.32. The maximum atomic E-state index is 13.4. The summed E-state index contributed by atoms with van der Waals surface area (Å²) in [7, 11) is 0. The lowest BCUT2D eigenvalue weighted by molar-refractivity contribution is 0.133. The molecule has 2 aromatic carbocycles. The average Bonchev–Trinajstić information content (AvgIpc) is 2.78. The molecule has 0 radical (unpaired) electrons. The third-order valence-electron chi connectivity index (χ3n) is 6.34. The highest BCUT2D eigenvalue weighted by atomic mass is 19.1. The third-order valence-corrected chi connectivity index (χ3v) is 6.34. The zero-order valence-corrected chi connectivity index (χ0v) is 17.9. The van der Waals surface area contributed by atoms with Crippen molar-refractivity contribution in [2.24, 2.45) is 5.92 Å². The van der Waals surface area contributed by atoms with Crippen LogP contribution in [0.15, 0.2) is 60.9 Å². The first-order valence-corrected chi connectivity index (χ1v) is 11.2.